The van der Waals surface area contributed by atoms with Crippen LogP contribution in [0.25, 0.3) is 0 Å². The number of hydrogen-bond acceptors (Lipinski definition) is 3. The van der Waals surface area contributed by atoms with Crippen LogP contribution in [0.2, 0.25) is 0 Å². The third kappa shape index (κ3) is 4.28. The number of nitrogens with one attached hydrogen (secondary N) is 1. The van der Waals surface area contributed by atoms with Gasteiger partial charge >= 0.3 is 0 Å². The Morgan fingerprint density at radius 2 is 2.06 bits per heavy atom. The van der Waals surface area contributed by atoms with Crippen molar-refractivity contribution >= 4 is 5.91 Å². The number of carbonyl (C=O) groups is 1. The first-order chi connectivity index (χ1) is 8.06. The molecule has 0 saturated heterocycles. The van der Waals surface area contributed by atoms with E-state index in [4.69, 9.17) is 0 Å². The Morgan fingerprint density at radius 1 is 1.41 bits per heavy atom. The second kappa shape index (κ2) is 6.97. The summed E-state index contributed by atoms with van der Waals surface area (Å²) in [5.41, 5.74) is 0. The lowest BCUT2D eigenvalue weighted by molar-refractivity contribution is -0.131. The average molecular weight is 242 g/mol. The first kappa shape index (κ1) is 14.5. The van der Waals surface area contributed by atoms with Crippen molar-refractivity contribution in [1.29, 1.82) is 0 Å². The predicted octanol–water partition coefficient (Wildman–Crippen LogP) is 1.14. The van der Waals surface area contributed by atoms with Gasteiger partial charge in [0, 0.05) is 19.6 Å². The maximum absolute atomic E-state index is 11.9. The Balaban J connectivity index is 2.48. The summed E-state index contributed by atoms with van der Waals surface area (Å²) in [6.45, 7) is 4.56. The lowest BCUT2D eigenvalue weighted by Crippen LogP contribution is -2.50. The van der Waals surface area contributed by atoms with Crippen LogP contribution in [0.3, 0.4) is 0 Å². The topological polar surface area (TPSA) is 52.6 Å². The highest BCUT2D eigenvalue weighted by Gasteiger charge is 2.25. The summed E-state index contributed by atoms with van der Waals surface area (Å²) >= 11 is 0. The van der Waals surface area contributed by atoms with Crippen LogP contribution < -0.4 is 5.32 Å². The Hall–Kier alpha value is -0.610. The summed E-state index contributed by atoms with van der Waals surface area (Å²) in [7, 11) is 1.81. The van der Waals surface area contributed by atoms with E-state index in [2.05, 4.69) is 5.32 Å². The van der Waals surface area contributed by atoms with Crippen LogP contribution >= 0.6 is 0 Å². The maximum atomic E-state index is 11.9. The van der Waals surface area contributed by atoms with Gasteiger partial charge in [0.2, 0.25) is 5.91 Å². The molecule has 0 aromatic heterocycles. The van der Waals surface area contributed by atoms with Crippen molar-refractivity contribution in [2.75, 3.05) is 13.6 Å². The minimum absolute atomic E-state index is 0.0710. The summed E-state index contributed by atoms with van der Waals surface area (Å²) in [6, 6.07) is -0.139. The van der Waals surface area contributed by atoms with Gasteiger partial charge in [-0.3, -0.25) is 4.79 Å². The molecule has 0 aromatic carbocycles. The highest BCUT2D eigenvalue weighted by molar-refractivity contribution is 5.81. The van der Waals surface area contributed by atoms with Crippen LogP contribution in [0.1, 0.15) is 46.0 Å². The zero-order valence-corrected chi connectivity index (χ0v) is 11.3. The van der Waals surface area contributed by atoms with E-state index >= 15 is 0 Å². The molecule has 100 valence electrons. The summed E-state index contributed by atoms with van der Waals surface area (Å²) in [5.74, 6) is 0.101. The maximum Gasteiger partial charge on any atom is 0.239 e. The third-order valence-electron chi connectivity index (χ3n) is 3.66. The van der Waals surface area contributed by atoms with Gasteiger partial charge in [0.1, 0.15) is 0 Å². The van der Waals surface area contributed by atoms with Crippen molar-refractivity contribution in [3.8, 4) is 0 Å². The molecular weight excluding hydrogens is 216 g/mol. The minimum atomic E-state index is -0.306. The highest BCUT2D eigenvalue weighted by atomic mass is 16.3. The summed E-state index contributed by atoms with van der Waals surface area (Å²) < 4.78 is 0. The van der Waals surface area contributed by atoms with Crippen LogP contribution in [0, 0.1) is 0 Å². The normalized spacial score (nSPS) is 27.3. The van der Waals surface area contributed by atoms with Crippen LogP contribution in [0.5, 0.6) is 0 Å². The largest absolute Gasteiger partial charge is 0.392 e. The molecule has 17 heavy (non-hydrogen) atoms. The second-order valence-corrected chi connectivity index (χ2v) is 5.05. The number of aliphatic hydroxyl groups is 1. The van der Waals surface area contributed by atoms with E-state index in [1.807, 2.05) is 20.9 Å². The van der Waals surface area contributed by atoms with E-state index in [-0.39, 0.29) is 24.1 Å². The zero-order valence-electron chi connectivity index (χ0n) is 11.3. The molecule has 4 nitrogen and oxygen atoms in total. The van der Waals surface area contributed by atoms with Crippen LogP contribution in [0.4, 0.5) is 0 Å². The molecule has 0 aromatic rings. The van der Waals surface area contributed by atoms with Gasteiger partial charge in [0.25, 0.3) is 0 Å². The van der Waals surface area contributed by atoms with Crippen LogP contribution in [-0.4, -0.2) is 47.7 Å². The Morgan fingerprint density at radius 3 is 2.71 bits per heavy atom. The predicted molar refractivity (Wildman–Crippen MR) is 68.8 cm³/mol. The monoisotopic (exact) mass is 242 g/mol. The number of nitrogens with zero attached hydrogens (tertiary/aromatic N) is 1. The molecule has 1 saturated carbocycles. The van der Waals surface area contributed by atoms with Crippen molar-refractivity contribution in [3.05, 3.63) is 0 Å². The summed E-state index contributed by atoms with van der Waals surface area (Å²) in [5, 5.41) is 13.3. The van der Waals surface area contributed by atoms with Gasteiger partial charge in [-0.2, -0.15) is 0 Å². The first-order valence-electron chi connectivity index (χ1n) is 6.75. The molecule has 0 radical (unpaired) electrons. The number of aliphatic hydroxyl groups excluding tert-OH is 1. The average Bonchev–Trinajstić information content (AvgIpc) is 2.53. The SMILES string of the molecule is CCN(C)C(=O)C(C)NC1CCCCCC1O. The Kier molecular flexibility index (Phi) is 5.92. The molecule has 0 heterocycles. The standard InChI is InChI=1S/C13H26N2O2/c1-4-15(3)13(17)10(2)14-11-8-6-5-7-9-12(11)16/h10-12,14,16H,4-9H2,1-3H3. The molecule has 0 aliphatic heterocycles. The van der Waals surface area contributed by atoms with Gasteiger partial charge in [-0.05, 0) is 26.7 Å². The molecule has 1 fully saturated rings. The third-order valence-corrected chi connectivity index (χ3v) is 3.66. The first-order valence-corrected chi connectivity index (χ1v) is 6.75. The zero-order chi connectivity index (χ0) is 12.8. The smallest absolute Gasteiger partial charge is 0.239 e. The van der Waals surface area contributed by atoms with Gasteiger partial charge in [-0.25, -0.2) is 0 Å². The van der Waals surface area contributed by atoms with E-state index in [0.29, 0.717) is 0 Å². The second-order valence-electron chi connectivity index (χ2n) is 5.05. The lowest BCUT2D eigenvalue weighted by Gasteiger charge is -2.27. The molecule has 4 heteroatoms. The molecule has 1 aliphatic rings. The number of hydrogen-bond donors (Lipinski definition) is 2. The van der Waals surface area contributed by atoms with Crippen LogP contribution in [0.15, 0.2) is 0 Å². The fourth-order valence-corrected chi connectivity index (χ4v) is 2.36. The van der Waals surface area contributed by atoms with Gasteiger partial charge < -0.3 is 15.3 Å². The van der Waals surface area contributed by atoms with Crippen molar-refractivity contribution in [3.63, 3.8) is 0 Å². The number of likely N-dealkylation sites (N-methyl/N-ethyl adjacent to an activating group) is 1. The van der Waals surface area contributed by atoms with Gasteiger partial charge in [-0.1, -0.05) is 19.3 Å². The van der Waals surface area contributed by atoms with Gasteiger partial charge in [0.05, 0.1) is 12.1 Å². The van der Waals surface area contributed by atoms with Crippen molar-refractivity contribution in [2.24, 2.45) is 0 Å². The van der Waals surface area contributed by atoms with Crippen molar-refractivity contribution in [2.45, 2.75) is 64.1 Å². The number of rotatable bonds is 4. The van der Waals surface area contributed by atoms with Crippen LogP contribution in [-0.2, 0) is 4.79 Å². The number of amides is 1. The van der Waals surface area contributed by atoms with E-state index in [0.717, 1.165) is 32.2 Å². The Labute approximate surface area is 104 Å². The quantitative estimate of drug-likeness (QED) is 0.727. The lowest BCUT2D eigenvalue weighted by atomic mass is 10.0. The fourth-order valence-electron chi connectivity index (χ4n) is 2.36. The Bertz CT molecular complexity index is 246. The van der Waals surface area contributed by atoms with Gasteiger partial charge in [-0.15, -0.1) is 0 Å². The van der Waals surface area contributed by atoms with Crippen molar-refractivity contribution < 1.29 is 9.90 Å². The van der Waals surface area contributed by atoms with Gasteiger partial charge in [0.15, 0.2) is 0 Å². The summed E-state index contributed by atoms with van der Waals surface area (Å²) in [6.07, 6.45) is 4.93. The molecule has 0 bridgehead atoms. The number of carbonyl (C=O) groups excluding carboxylic acids is 1. The molecular formula is C13H26N2O2. The van der Waals surface area contributed by atoms with E-state index in [1.165, 1.54) is 6.42 Å². The molecule has 2 N–H and O–H groups in total. The minimum Gasteiger partial charge on any atom is -0.392 e. The van der Waals surface area contributed by atoms with E-state index in [1.54, 1.807) is 4.90 Å². The molecule has 0 spiro atoms. The highest BCUT2D eigenvalue weighted by Crippen LogP contribution is 2.18. The fraction of sp³-hybridized carbons (Fsp3) is 0.923. The van der Waals surface area contributed by atoms with Crippen molar-refractivity contribution in [1.82, 2.24) is 10.2 Å². The molecule has 3 atom stereocenters. The molecule has 1 amide bonds. The van der Waals surface area contributed by atoms with E-state index < -0.39 is 0 Å². The summed E-state index contributed by atoms with van der Waals surface area (Å²) in [4.78, 5) is 13.6. The van der Waals surface area contributed by atoms with E-state index in [9.17, 15) is 9.90 Å². The molecule has 3 unspecified atom stereocenters. The molecule has 1 aliphatic carbocycles. The molecule has 1 rings (SSSR count).